The van der Waals surface area contributed by atoms with Gasteiger partial charge in [0.05, 0.1) is 6.61 Å². The summed E-state index contributed by atoms with van der Waals surface area (Å²) in [6.45, 7) is 2.27. The van der Waals surface area contributed by atoms with Gasteiger partial charge in [0.2, 0.25) is 5.01 Å². The van der Waals surface area contributed by atoms with Gasteiger partial charge in [-0.3, -0.25) is 0 Å². The number of carbonyl (C=O) groups excluding carboxylic acids is 1. The molecule has 3 N–H and O–H groups in total. The number of aromatic carboxylic acids is 1. The quantitative estimate of drug-likeness (QED) is 0.599. The van der Waals surface area contributed by atoms with Gasteiger partial charge in [0.15, 0.2) is 4.88 Å². The van der Waals surface area contributed by atoms with Gasteiger partial charge >= 0.3 is 11.9 Å². The number of carbonyl (C=O) groups is 2. The lowest BCUT2D eigenvalue weighted by molar-refractivity contribution is 0.0499. The van der Waals surface area contributed by atoms with Gasteiger partial charge in [-0.15, -0.1) is 0 Å². The van der Waals surface area contributed by atoms with E-state index in [2.05, 4.69) is 4.98 Å². The molecule has 0 saturated heterocycles. The van der Waals surface area contributed by atoms with Gasteiger partial charge in [0.1, 0.15) is 5.82 Å². The molecule has 0 spiro atoms. The van der Waals surface area contributed by atoms with Gasteiger partial charge in [-0.2, -0.15) is 0 Å². The third-order valence-corrected chi connectivity index (χ3v) is 2.79. The summed E-state index contributed by atoms with van der Waals surface area (Å²) in [7, 11) is 0. The Kier molecular flexibility index (Phi) is 4.24. The normalized spacial score (nSPS) is 10.1. The smallest absolute Gasteiger partial charge is 0.367 e. The lowest BCUT2D eigenvalue weighted by atomic mass is 10.4. The molecule has 0 fully saturated rings. The Morgan fingerprint density at radius 1 is 1.56 bits per heavy atom. The summed E-state index contributed by atoms with van der Waals surface area (Å²) < 4.78 is 4.88. The number of carboxylic acid groups (broad SMARTS) is 1. The van der Waals surface area contributed by atoms with Crippen molar-refractivity contribution in [3.63, 3.8) is 0 Å². The molecule has 0 bridgehead atoms. The molecule has 0 aliphatic carbocycles. The average Bonchev–Trinajstić information content (AvgIpc) is 2.60. The number of hydrogen-bond donors (Lipinski definition) is 2. The minimum Gasteiger partial charge on any atom is -0.477 e. The van der Waals surface area contributed by atoms with E-state index in [-0.39, 0.29) is 15.7 Å². The Labute approximate surface area is 96.1 Å². The number of thiazole rings is 1. The van der Waals surface area contributed by atoms with Crippen LogP contribution in [0.3, 0.4) is 0 Å². The third-order valence-electron chi connectivity index (χ3n) is 1.75. The molecule has 88 valence electrons. The van der Waals surface area contributed by atoms with Crippen molar-refractivity contribution in [3.8, 4) is 0 Å². The SMILES string of the molecule is CCCCOC(=O)c1nc(N)c(C(=O)O)s1. The van der Waals surface area contributed by atoms with Crippen molar-refractivity contribution in [2.45, 2.75) is 19.8 Å². The van der Waals surface area contributed by atoms with E-state index >= 15 is 0 Å². The molecule has 0 saturated carbocycles. The van der Waals surface area contributed by atoms with Crippen LogP contribution in [0.15, 0.2) is 0 Å². The Balaban J connectivity index is 2.69. The van der Waals surface area contributed by atoms with E-state index in [1.54, 1.807) is 0 Å². The van der Waals surface area contributed by atoms with E-state index in [0.717, 1.165) is 24.2 Å². The number of nitrogens with two attached hydrogens (primary N) is 1. The predicted molar refractivity (Wildman–Crippen MR) is 58.7 cm³/mol. The number of esters is 1. The monoisotopic (exact) mass is 244 g/mol. The summed E-state index contributed by atoms with van der Waals surface area (Å²) in [6, 6.07) is 0. The van der Waals surface area contributed by atoms with Gasteiger partial charge < -0.3 is 15.6 Å². The Bertz CT molecular complexity index is 402. The summed E-state index contributed by atoms with van der Waals surface area (Å²) in [5.74, 6) is -1.97. The van der Waals surface area contributed by atoms with Crippen LogP contribution in [0.2, 0.25) is 0 Å². The second kappa shape index (κ2) is 5.45. The van der Waals surface area contributed by atoms with Crippen molar-refractivity contribution in [2.24, 2.45) is 0 Å². The van der Waals surface area contributed by atoms with Crippen LogP contribution in [0.25, 0.3) is 0 Å². The van der Waals surface area contributed by atoms with Gasteiger partial charge in [0, 0.05) is 0 Å². The maximum absolute atomic E-state index is 11.4. The number of rotatable bonds is 5. The standard InChI is InChI=1S/C9H12N2O4S/c1-2-3-4-15-9(14)7-11-6(10)5(16-7)8(12)13/h2-4,10H2,1H3,(H,12,13). The zero-order valence-electron chi connectivity index (χ0n) is 8.73. The highest BCUT2D eigenvalue weighted by atomic mass is 32.1. The van der Waals surface area contributed by atoms with E-state index in [4.69, 9.17) is 15.6 Å². The lowest BCUT2D eigenvalue weighted by Gasteiger charge is -1.99. The molecule has 16 heavy (non-hydrogen) atoms. The molecule has 0 amide bonds. The summed E-state index contributed by atoms with van der Waals surface area (Å²) in [4.78, 5) is 25.6. The molecule has 6 nitrogen and oxygen atoms in total. The highest BCUT2D eigenvalue weighted by Crippen LogP contribution is 2.21. The van der Waals surface area contributed by atoms with Crippen molar-refractivity contribution in [1.82, 2.24) is 4.98 Å². The fourth-order valence-corrected chi connectivity index (χ4v) is 1.66. The van der Waals surface area contributed by atoms with E-state index in [1.165, 1.54) is 0 Å². The number of anilines is 1. The van der Waals surface area contributed by atoms with Crippen LogP contribution in [-0.2, 0) is 4.74 Å². The molecule has 0 aliphatic heterocycles. The summed E-state index contributed by atoms with van der Waals surface area (Å²) in [5, 5.41) is 8.69. The number of unbranched alkanes of at least 4 members (excludes halogenated alkanes) is 1. The number of nitrogens with zero attached hydrogens (tertiary/aromatic N) is 1. The second-order valence-corrected chi connectivity index (χ2v) is 4.03. The van der Waals surface area contributed by atoms with Crippen LogP contribution in [0.1, 0.15) is 39.2 Å². The minimum absolute atomic E-state index is 0.0222. The third kappa shape index (κ3) is 2.93. The lowest BCUT2D eigenvalue weighted by Crippen LogP contribution is -2.05. The van der Waals surface area contributed by atoms with Crippen molar-refractivity contribution >= 4 is 29.1 Å². The van der Waals surface area contributed by atoms with Crippen molar-refractivity contribution in [3.05, 3.63) is 9.88 Å². The fraction of sp³-hybridized carbons (Fsp3) is 0.444. The highest BCUT2D eigenvalue weighted by molar-refractivity contribution is 7.15. The topological polar surface area (TPSA) is 103 Å². The zero-order chi connectivity index (χ0) is 12.1. The predicted octanol–water partition coefficient (Wildman–Crippen LogP) is 1.38. The number of ether oxygens (including phenoxy) is 1. The number of hydrogen-bond acceptors (Lipinski definition) is 6. The van der Waals surface area contributed by atoms with Crippen LogP contribution in [0, 0.1) is 0 Å². The van der Waals surface area contributed by atoms with Gasteiger partial charge in [-0.05, 0) is 6.42 Å². The molecule has 1 aromatic rings. The van der Waals surface area contributed by atoms with E-state index in [1.807, 2.05) is 6.92 Å². The van der Waals surface area contributed by atoms with E-state index in [0.29, 0.717) is 6.61 Å². The first-order valence-electron chi connectivity index (χ1n) is 4.73. The number of carboxylic acids is 1. The van der Waals surface area contributed by atoms with Crippen molar-refractivity contribution < 1.29 is 19.4 Å². The zero-order valence-corrected chi connectivity index (χ0v) is 9.54. The first kappa shape index (κ1) is 12.4. The second-order valence-electron chi connectivity index (χ2n) is 3.03. The first-order valence-corrected chi connectivity index (χ1v) is 5.54. The minimum atomic E-state index is -1.19. The van der Waals surface area contributed by atoms with Crippen LogP contribution in [0.4, 0.5) is 5.82 Å². The van der Waals surface area contributed by atoms with E-state index < -0.39 is 11.9 Å². The molecule has 7 heteroatoms. The molecule has 1 aromatic heterocycles. The molecule has 0 aliphatic rings. The molecular weight excluding hydrogens is 232 g/mol. The first-order chi connectivity index (χ1) is 7.56. The summed E-state index contributed by atoms with van der Waals surface area (Å²) in [5.41, 5.74) is 5.35. The van der Waals surface area contributed by atoms with Crippen LogP contribution in [-0.4, -0.2) is 28.6 Å². The Morgan fingerprint density at radius 3 is 2.75 bits per heavy atom. The Morgan fingerprint density at radius 2 is 2.25 bits per heavy atom. The average molecular weight is 244 g/mol. The highest BCUT2D eigenvalue weighted by Gasteiger charge is 2.20. The number of aromatic nitrogens is 1. The molecular formula is C9H12N2O4S. The van der Waals surface area contributed by atoms with Gasteiger partial charge in [-0.1, -0.05) is 24.7 Å². The summed E-state index contributed by atoms with van der Waals surface area (Å²) >= 11 is 0.724. The van der Waals surface area contributed by atoms with Crippen LogP contribution >= 0.6 is 11.3 Å². The van der Waals surface area contributed by atoms with E-state index in [9.17, 15) is 9.59 Å². The largest absolute Gasteiger partial charge is 0.477 e. The Hall–Kier alpha value is -1.63. The molecule has 1 rings (SSSR count). The van der Waals surface area contributed by atoms with Crippen molar-refractivity contribution in [1.29, 1.82) is 0 Å². The molecule has 0 aromatic carbocycles. The molecule has 1 heterocycles. The number of nitrogen functional groups attached to an aromatic ring is 1. The maximum Gasteiger partial charge on any atom is 0.367 e. The summed E-state index contributed by atoms with van der Waals surface area (Å²) in [6.07, 6.45) is 1.67. The fourth-order valence-electron chi connectivity index (χ4n) is 0.943. The molecule has 0 atom stereocenters. The van der Waals surface area contributed by atoms with Crippen LogP contribution < -0.4 is 5.73 Å². The van der Waals surface area contributed by atoms with Gasteiger partial charge in [0.25, 0.3) is 0 Å². The van der Waals surface area contributed by atoms with Crippen LogP contribution in [0.5, 0.6) is 0 Å². The molecule has 0 radical (unpaired) electrons. The molecule has 0 unspecified atom stereocenters. The maximum atomic E-state index is 11.4. The van der Waals surface area contributed by atoms with Gasteiger partial charge in [-0.25, -0.2) is 14.6 Å². The van der Waals surface area contributed by atoms with Crippen molar-refractivity contribution in [2.75, 3.05) is 12.3 Å².